The van der Waals surface area contributed by atoms with E-state index in [2.05, 4.69) is 21.2 Å². The molecule has 2 N–H and O–H groups in total. The van der Waals surface area contributed by atoms with Crippen molar-refractivity contribution in [1.82, 2.24) is 5.32 Å². The molecule has 0 aliphatic heterocycles. The van der Waals surface area contributed by atoms with Crippen molar-refractivity contribution >= 4 is 21.9 Å². The molecule has 0 heterocycles. The van der Waals surface area contributed by atoms with E-state index < -0.39 is 12.0 Å². The molecule has 1 aromatic rings. The fourth-order valence-corrected chi connectivity index (χ4v) is 2.18. The van der Waals surface area contributed by atoms with E-state index in [9.17, 15) is 9.90 Å². The molecular weight excluding hydrogens is 310 g/mol. The molecule has 1 atom stereocenters. The number of rotatable bonds is 7. The molecule has 1 aromatic carbocycles. The Kier molecular flexibility index (Phi) is 6.31. The molecule has 5 heteroatoms. The molecule has 0 amide bonds. The lowest BCUT2D eigenvalue weighted by Crippen LogP contribution is -2.37. The fraction of sp³-hybridized carbons (Fsp3) is 0.500. The first kappa shape index (κ1) is 16.0. The van der Waals surface area contributed by atoms with Gasteiger partial charge in [0.05, 0.1) is 7.11 Å². The molecule has 0 fully saturated rings. The molecule has 0 radical (unpaired) electrons. The van der Waals surface area contributed by atoms with E-state index >= 15 is 0 Å². The van der Waals surface area contributed by atoms with Crippen LogP contribution in [-0.4, -0.2) is 24.2 Å². The molecule has 0 saturated carbocycles. The maximum Gasteiger partial charge on any atom is 0.320 e. The van der Waals surface area contributed by atoms with E-state index in [1.54, 1.807) is 7.11 Å². The number of ether oxygens (including phenoxy) is 1. The van der Waals surface area contributed by atoms with Crippen molar-refractivity contribution in [2.45, 2.75) is 32.9 Å². The van der Waals surface area contributed by atoms with Gasteiger partial charge in [0.1, 0.15) is 11.8 Å². The first-order valence-corrected chi connectivity index (χ1v) is 7.02. The zero-order chi connectivity index (χ0) is 14.4. The second-order valence-corrected chi connectivity index (χ2v) is 5.71. The molecule has 0 aliphatic carbocycles. The number of hydrogen-bond donors (Lipinski definition) is 2. The largest absolute Gasteiger partial charge is 0.497 e. The van der Waals surface area contributed by atoms with Gasteiger partial charge in [-0.25, -0.2) is 0 Å². The highest BCUT2D eigenvalue weighted by atomic mass is 79.9. The average Bonchev–Trinajstić information content (AvgIpc) is 2.35. The maximum absolute atomic E-state index is 11.2. The molecule has 0 spiro atoms. The Balaban J connectivity index is 2.70. The average molecular weight is 330 g/mol. The minimum absolute atomic E-state index is 0.336. The summed E-state index contributed by atoms with van der Waals surface area (Å²) >= 11 is 3.45. The van der Waals surface area contributed by atoms with Gasteiger partial charge in [0.25, 0.3) is 0 Å². The van der Waals surface area contributed by atoms with Gasteiger partial charge < -0.3 is 15.2 Å². The molecule has 0 aromatic heterocycles. The van der Waals surface area contributed by atoms with Gasteiger partial charge in [-0.05, 0) is 36.1 Å². The Bertz CT molecular complexity index is 435. The summed E-state index contributed by atoms with van der Waals surface area (Å²) in [5, 5.41) is 12.2. The Labute approximate surface area is 122 Å². The van der Waals surface area contributed by atoms with Crippen molar-refractivity contribution < 1.29 is 14.6 Å². The maximum atomic E-state index is 11.2. The van der Waals surface area contributed by atoms with Crippen LogP contribution in [0.5, 0.6) is 5.75 Å². The number of nitrogens with one attached hydrogen (secondary N) is 1. The number of hydrogen-bond acceptors (Lipinski definition) is 3. The number of carboxylic acid groups (broad SMARTS) is 1. The van der Waals surface area contributed by atoms with E-state index in [1.807, 2.05) is 32.0 Å². The van der Waals surface area contributed by atoms with Gasteiger partial charge in [0.2, 0.25) is 0 Å². The normalized spacial score (nSPS) is 12.5. The van der Waals surface area contributed by atoms with E-state index in [-0.39, 0.29) is 0 Å². The van der Waals surface area contributed by atoms with Crippen molar-refractivity contribution in [2.75, 3.05) is 7.11 Å². The van der Waals surface area contributed by atoms with E-state index in [4.69, 9.17) is 4.74 Å². The van der Waals surface area contributed by atoms with Crippen LogP contribution in [0.15, 0.2) is 22.7 Å². The van der Waals surface area contributed by atoms with Crippen LogP contribution in [-0.2, 0) is 11.3 Å². The van der Waals surface area contributed by atoms with Crippen LogP contribution < -0.4 is 10.1 Å². The minimum atomic E-state index is -0.812. The Hall–Kier alpha value is -1.07. The Morgan fingerprint density at radius 1 is 1.47 bits per heavy atom. The first-order chi connectivity index (χ1) is 8.93. The molecule has 1 rings (SSSR count). The molecule has 106 valence electrons. The second kappa shape index (κ2) is 7.50. The van der Waals surface area contributed by atoms with Gasteiger partial charge in [-0.1, -0.05) is 29.8 Å². The zero-order valence-corrected chi connectivity index (χ0v) is 13.0. The standard InChI is InChI=1S/C14H20BrNO3/c1-9(2)6-13(14(17)18)16-8-10-7-11(19-3)4-5-12(10)15/h4-5,7,9,13,16H,6,8H2,1-3H3,(H,17,18)/t13-/m1/s1. The van der Waals surface area contributed by atoms with Gasteiger partial charge in [0, 0.05) is 11.0 Å². The van der Waals surface area contributed by atoms with Crippen molar-refractivity contribution in [1.29, 1.82) is 0 Å². The van der Waals surface area contributed by atoms with Crippen molar-refractivity contribution in [3.8, 4) is 5.75 Å². The number of methoxy groups -OCH3 is 1. The van der Waals surface area contributed by atoms with E-state index in [1.165, 1.54) is 0 Å². The van der Waals surface area contributed by atoms with Crippen LogP contribution in [0.4, 0.5) is 0 Å². The van der Waals surface area contributed by atoms with Crippen molar-refractivity contribution in [3.05, 3.63) is 28.2 Å². The van der Waals surface area contributed by atoms with Crippen LogP contribution in [0, 0.1) is 5.92 Å². The van der Waals surface area contributed by atoms with Crippen LogP contribution in [0.2, 0.25) is 0 Å². The number of carbonyl (C=O) groups is 1. The molecule has 0 saturated heterocycles. The summed E-state index contributed by atoms with van der Waals surface area (Å²) in [6, 6.07) is 5.12. The highest BCUT2D eigenvalue weighted by Gasteiger charge is 2.18. The highest BCUT2D eigenvalue weighted by molar-refractivity contribution is 9.10. The molecule has 19 heavy (non-hydrogen) atoms. The topological polar surface area (TPSA) is 58.6 Å². The zero-order valence-electron chi connectivity index (χ0n) is 11.4. The predicted molar refractivity (Wildman–Crippen MR) is 78.4 cm³/mol. The lowest BCUT2D eigenvalue weighted by molar-refractivity contribution is -0.140. The third kappa shape index (κ3) is 5.20. The minimum Gasteiger partial charge on any atom is -0.497 e. The molecule has 0 aliphatic rings. The number of carboxylic acids is 1. The van der Waals surface area contributed by atoms with Crippen LogP contribution in [0.1, 0.15) is 25.8 Å². The predicted octanol–water partition coefficient (Wildman–Crippen LogP) is 3.05. The molecule has 4 nitrogen and oxygen atoms in total. The smallest absolute Gasteiger partial charge is 0.320 e. The van der Waals surface area contributed by atoms with Gasteiger partial charge in [-0.2, -0.15) is 0 Å². The van der Waals surface area contributed by atoms with Crippen molar-refractivity contribution in [3.63, 3.8) is 0 Å². The first-order valence-electron chi connectivity index (χ1n) is 6.22. The lowest BCUT2D eigenvalue weighted by atomic mass is 10.0. The third-order valence-corrected chi connectivity index (χ3v) is 3.57. The molecule has 0 bridgehead atoms. The van der Waals surface area contributed by atoms with Gasteiger partial charge in [-0.3, -0.25) is 4.79 Å². The summed E-state index contributed by atoms with van der Waals surface area (Å²) in [6.45, 7) is 4.51. The Morgan fingerprint density at radius 2 is 2.16 bits per heavy atom. The monoisotopic (exact) mass is 329 g/mol. The summed E-state index contributed by atoms with van der Waals surface area (Å²) in [5.41, 5.74) is 0.981. The van der Waals surface area contributed by atoms with Gasteiger partial charge >= 0.3 is 5.97 Å². The second-order valence-electron chi connectivity index (χ2n) is 4.86. The number of benzene rings is 1. The van der Waals surface area contributed by atoms with Crippen LogP contribution >= 0.6 is 15.9 Å². The van der Waals surface area contributed by atoms with E-state index in [0.29, 0.717) is 18.9 Å². The SMILES string of the molecule is COc1ccc(Br)c(CN[C@H](CC(C)C)C(=O)O)c1. The summed E-state index contributed by atoms with van der Waals surface area (Å²) in [6.07, 6.45) is 0.608. The van der Waals surface area contributed by atoms with E-state index in [0.717, 1.165) is 15.8 Å². The van der Waals surface area contributed by atoms with Crippen LogP contribution in [0.25, 0.3) is 0 Å². The summed E-state index contributed by atoms with van der Waals surface area (Å²) < 4.78 is 6.10. The van der Waals surface area contributed by atoms with Crippen LogP contribution in [0.3, 0.4) is 0 Å². The summed E-state index contributed by atoms with van der Waals surface area (Å²) in [4.78, 5) is 11.2. The van der Waals surface area contributed by atoms with Gasteiger partial charge in [0.15, 0.2) is 0 Å². The third-order valence-electron chi connectivity index (χ3n) is 2.80. The summed E-state index contributed by atoms with van der Waals surface area (Å²) in [7, 11) is 1.61. The highest BCUT2D eigenvalue weighted by Crippen LogP contribution is 2.22. The molecular formula is C14H20BrNO3. The van der Waals surface area contributed by atoms with Gasteiger partial charge in [-0.15, -0.1) is 0 Å². The molecule has 0 unspecified atom stereocenters. The number of aliphatic carboxylic acids is 1. The number of halogens is 1. The lowest BCUT2D eigenvalue weighted by Gasteiger charge is -2.17. The fourth-order valence-electron chi connectivity index (χ4n) is 1.79. The Morgan fingerprint density at radius 3 is 2.68 bits per heavy atom. The quantitative estimate of drug-likeness (QED) is 0.807. The van der Waals surface area contributed by atoms with Crippen molar-refractivity contribution in [2.24, 2.45) is 5.92 Å². The summed E-state index contributed by atoms with van der Waals surface area (Å²) in [5.74, 6) is 0.283.